The molecule has 0 aromatic heterocycles. The standard InChI is InChI=1S/C55H44O7/c1-26-33-18-14-30(24-39(33)53(62)46(26)55(5,6)7)31-15-19-34-40(25-31)52(61)41(47(34)56)27-8-10-28(11-9-27)42-48(57)35-20-22-37-45-38(23-21-36(44(35)45)49(42)58)51(60)43(50(37)59)29-12-16-32(17-13-29)54(2,3)4/h8-25,41-46H,1H2,2-7H3. The highest BCUT2D eigenvalue weighted by Gasteiger charge is 2.55. The van der Waals surface area contributed by atoms with E-state index in [-0.39, 0.29) is 45.7 Å². The molecule has 62 heavy (non-hydrogen) atoms. The fourth-order valence-corrected chi connectivity index (χ4v) is 10.8. The Balaban J connectivity index is 0.914. The summed E-state index contributed by atoms with van der Waals surface area (Å²) in [6.07, 6.45) is 6.57. The van der Waals surface area contributed by atoms with Crippen LogP contribution in [0.25, 0.3) is 16.7 Å². The van der Waals surface area contributed by atoms with Crippen LogP contribution in [0.3, 0.4) is 0 Å². The fourth-order valence-electron chi connectivity index (χ4n) is 10.8. The van der Waals surface area contributed by atoms with Crippen molar-refractivity contribution in [1.82, 2.24) is 0 Å². The van der Waals surface area contributed by atoms with Crippen LogP contribution in [-0.4, -0.2) is 40.5 Å². The van der Waals surface area contributed by atoms with Crippen LogP contribution < -0.4 is 0 Å². The quantitative estimate of drug-likeness (QED) is 0.188. The molecule has 7 heteroatoms. The molecule has 2 atom stereocenters. The van der Waals surface area contributed by atoms with Gasteiger partial charge in [-0.15, -0.1) is 0 Å². The second kappa shape index (κ2) is 13.4. The maximum atomic E-state index is 14.3. The van der Waals surface area contributed by atoms with Crippen LogP contribution in [0, 0.1) is 23.2 Å². The van der Waals surface area contributed by atoms with Crippen molar-refractivity contribution in [3.05, 3.63) is 183 Å². The van der Waals surface area contributed by atoms with E-state index in [9.17, 15) is 33.6 Å². The van der Waals surface area contributed by atoms with Gasteiger partial charge in [-0.2, -0.15) is 0 Å². The van der Waals surface area contributed by atoms with Gasteiger partial charge in [0, 0.05) is 50.8 Å². The van der Waals surface area contributed by atoms with Crippen molar-refractivity contribution in [3.8, 4) is 11.1 Å². The predicted molar refractivity (Wildman–Crippen MR) is 236 cm³/mol. The summed E-state index contributed by atoms with van der Waals surface area (Å²) in [5.41, 5.74) is 8.08. The van der Waals surface area contributed by atoms with E-state index in [1.807, 2.05) is 63.2 Å². The van der Waals surface area contributed by atoms with Crippen LogP contribution in [0.1, 0.15) is 118 Å². The zero-order chi connectivity index (χ0) is 43.9. The van der Waals surface area contributed by atoms with Crippen LogP contribution in [0.5, 0.6) is 0 Å². The van der Waals surface area contributed by atoms with Crippen LogP contribution in [0.4, 0.5) is 0 Å². The predicted octanol–water partition coefficient (Wildman–Crippen LogP) is 9.82. The highest BCUT2D eigenvalue weighted by molar-refractivity contribution is 6.31. The van der Waals surface area contributed by atoms with Crippen LogP contribution in [0.15, 0.2) is 138 Å². The first-order valence-corrected chi connectivity index (χ1v) is 21.2. The van der Waals surface area contributed by atoms with E-state index >= 15 is 0 Å². The Kier molecular flexibility index (Phi) is 8.51. The first kappa shape index (κ1) is 39.4. The smallest absolute Gasteiger partial charge is 0.178 e. The molecule has 4 aromatic rings. The molecule has 0 N–H and O–H groups in total. The summed E-state index contributed by atoms with van der Waals surface area (Å²) >= 11 is 0. The largest absolute Gasteiger partial charge is 0.293 e. The van der Waals surface area contributed by atoms with Gasteiger partial charge in [-0.05, 0) is 67.5 Å². The number of carbonyl (C=O) groups excluding carboxylic acids is 7. The average molecular weight is 817 g/mol. The van der Waals surface area contributed by atoms with Gasteiger partial charge in [0.15, 0.2) is 40.5 Å². The molecular formula is C55H44O7. The second-order valence-corrected chi connectivity index (χ2v) is 19.7. The lowest BCUT2D eigenvalue weighted by molar-refractivity contribution is -0.131. The van der Waals surface area contributed by atoms with Crippen molar-refractivity contribution < 1.29 is 33.6 Å². The normalized spacial score (nSPS) is 25.3. The number of allylic oxidation sites excluding steroid dienone is 9. The molecule has 6 aliphatic rings. The summed E-state index contributed by atoms with van der Waals surface area (Å²) in [6, 6.07) is 24.9. The molecule has 0 spiro atoms. The minimum atomic E-state index is -1.17. The van der Waals surface area contributed by atoms with E-state index in [0.29, 0.717) is 61.2 Å². The average Bonchev–Trinajstić information content (AvgIpc) is 3.65. The Morgan fingerprint density at radius 3 is 1.16 bits per heavy atom. The summed E-state index contributed by atoms with van der Waals surface area (Å²) in [4.78, 5) is 98.1. The van der Waals surface area contributed by atoms with E-state index in [1.54, 1.807) is 66.8 Å². The van der Waals surface area contributed by atoms with Gasteiger partial charge in [0.1, 0.15) is 17.8 Å². The lowest BCUT2D eigenvalue weighted by atomic mass is 9.55. The zero-order valence-corrected chi connectivity index (χ0v) is 35.4. The monoisotopic (exact) mass is 816 g/mol. The molecule has 7 nitrogen and oxygen atoms in total. The van der Waals surface area contributed by atoms with Gasteiger partial charge in [-0.25, -0.2) is 0 Å². The third-order valence-electron chi connectivity index (χ3n) is 14.0. The SMILES string of the molecule is C=C1c2ccc(-c3ccc4c(c3)C(=O)C(c3ccc(C5C(=O)C6=CC=C7C(=O)C(c8ccc(C(C)(C)C)cc8)C(=O)C8=CC=C(C5=O)C6C78)cc3)C4=O)cc2C(=O)C1C(C)(C)C. The number of benzene rings is 4. The van der Waals surface area contributed by atoms with E-state index in [1.165, 1.54) is 0 Å². The molecule has 2 fully saturated rings. The number of ketones is 7. The molecule has 306 valence electrons. The zero-order valence-electron chi connectivity index (χ0n) is 35.4. The number of carbonyl (C=O) groups is 7. The summed E-state index contributed by atoms with van der Waals surface area (Å²) in [6.45, 7) is 16.6. The van der Waals surface area contributed by atoms with Crippen molar-refractivity contribution in [2.45, 2.75) is 64.7 Å². The van der Waals surface area contributed by atoms with Crippen molar-refractivity contribution >= 4 is 46.1 Å². The Bertz CT molecular complexity index is 2900. The highest BCUT2D eigenvalue weighted by Crippen LogP contribution is 2.54. The molecule has 0 amide bonds. The van der Waals surface area contributed by atoms with E-state index in [0.717, 1.165) is 22.3 Å². The summed E-state index contributed by atoms with van der Waals surface area (Å²) in [5.74, 6) is -7.14. The molecule has 0 heterocycles. The van der Waals surface area contributed by atoms with Gasteiger partial charge in [-0.3, -0.25) is 33.6 Å². The molecule has 2 saturated carbocycles. The Labute approximate surface area is 360 Å². The molecule has 0 radical (unpaired) electrons. The molecule has 0 saturated heterocycles. The summed E-state index contributed by atoms with van der Waals surface area (Å²) < 4.78 is 0. The number of Topliss-reactive ketones (excluding diaryl/α,β-unsaturated/α-hetero) is 7. The molecule has 2 unspecified atom stereocenters. The van der Waals surface area contributed by atoms with Gasteiger partial charge in [0.05, 0.1) is 5.92 Å². The third-order valence-corrected chi connectivity index (χ3v) is 14.0. The van der Waals surface area contributed by atoms with Crippen molar-refractivity contribution in [3.63, 3.8) is 0 Å². The van der Waals surface area contributed by atoms with Crippen molar-refractivity contribution in [2.24, 2.45) is 23.2 Å². The maximum absolute atomic E-state index is 14.3. The van der Waals surface area contributed by atoms with Gasteiger partial charge in [-0.1, -0.05) is 145 Å². The van der Waals surface area contributed by atoms with Gasteiger partial charge < -0.3 is 0 Å². The first-order chi connectivity index (χ1) is 29.4. The van der Waals surface area contributed by atoms with E-state index in [4.69, 9.17) is 0 Å². The lowest BCUT2D eigenvalue weighted by Gasteiger charge is -2.44. The Morgan fingerprint density at radius 2 is 0.758 bits per heavy atom. The first-order valence-electron chi connectivity index (χ1n) is 21.2. The van der Waals surface area contributed by atoms with Crippen LogP contribution in [-0.2, 0) is 24.6 Å². The van der Waals surface area contributed by atoms with E-state index < -0.39 is 41.2 Å². The Morgan fingerprint density at radius 1 is 0.403 bits per heavy atom. The Hall–Kier alpha value is -6.73. The maximum Gasteiger partial charge on any atom is 0.178 e. The summed E-state index contributed by atoms with van der Waals surface area (Å²) in [5, 5.41) is 0. The molecule has 0 aliphatic heterocycles. The number of hydrogen-bond donors (Lipinski definition) is 0. The van der Waals surface area contributed by atoms with E-state index in [2.05, 4.69) is 27.4 Å². The molecule has 0 bridgehead atoms. The topological polar surface area (TPSA) is 119 Å². The number of fused-ring (bicyclic) bond motifs is 2. The molecular weight excluding hydrogens is 773 g/mol. The number of hydrogen-bond acceptors (Lipinski definition) is 7. The number of rotatable bonds is 4. The lowest BCUT2D eigenvalue weighted by Crippen LogP contribution is -2.47. The second-order valence-electron chi connectivity index (χ2n) is 19.7. The van der Waals surface area contributed by atoms with Crippen molar-refractivity contribution in [2.75, 3.05) is 0 Å². The summed E-state index contributed by atoms with van der Waals surface area (Å²) in [7, 11) is 0. The van der Waals surface area contributed by atoms with Crippen molar-refractivity contribution in [1.29, 1.82) is 0 Å². The molecule has 4 aromatic carbocycles. The van der Waals surface area contributed by atoms with Gasteiger partial charge in [0.25, 0.3) is 0 Å². The van der Waals surface area contributed by atoms with Crippen LogP contribution in [0.2, 0.25) is 0 Å². The minimum Gasteiger partial charge on any atom is -0.293 e. The van der Waals surface area contributed by atoms with Gasteiger partial charge >= 0.3 is 0 Å². The van der Waals surface area contributed by atoms with Gasteiger partial charge in [0.2, 0.25) is 0 Å². The van der Waals surface area contributed by atoms with Crippen LogP contribution >= 0.6 is 0 Å². The highest BCUT2D eigenvalue weighted by atomic mass is 16.2. The minimum absolute atomic E-state index is 0.0267. The fraction of sp³-hybridized carbons (Fsp3) is 0.255. The molecule has 6 aliphatic carbocycles. The molecule has 10 rings (SSSR count). The third kappa shape index (κ3) is 5.60.